The van der Waals surface area contributed by atoms with Crippen molar-refractivity contribution in [1.82, 2.24) is 19.9 Å². The van der Waals surface area contributed by atoms with Crippen molar-refractivity contribution in [3.63, 3.8) is 0 Å². The third-order valence-electron chi connectivity index (χ3n) is 6.55. The Morgan fingerprint density at radius 3 is 2.55 bits per heavy atom. The number of fused-ring (bicyclic) bond motifs is 1. The highest BCUT2D eigenvalue weighted by Gasteiger charge is 2.21. The number of aromatic amines is 1. The molecular weight excluding hydrogens is 432 g/mol. The van der Waals surface area contributed by atoms with Gasteiger partial charge in [-0.2, -0.15) is 0 Å². The summed E-state index contributed by atoms with van der Waals surface area (Å²) in [7, 11) is 2.48. The summed E-state index contributed by atoms with van der Waals surface area (Å²) >= 11 is 0. The van der Waals surface area contributed by atoms with Crippen molar-refractivity contribution in [2.45, 2.75) is 64.8 Å². The van der Waals surface area contributed by atoms with Crippen LogP contribution in [-0.4, -0.2) is 64.3 Å². The molecule has 0 spiro atoms. The van der Waals surface area contributed by atoms with Crippen LogP contribution in [0, 0.1) is 0 Å². The first-order valence-corrected chi connectivity index (χ1v) is 13.8. The van der Waals surface area contributed by atoms with E-state index in [2.05, 4.69) is 72.1 Å². The van der Waals surface area contributed by atoms with E-state index in [9.17, 15) is 8.42 Å². The molecule has 1 saturated heterocycles. The maximum atomic E-state index is 11.6. The van der Waals surface area contributed by atoms with Gasteiger partial charge in [-0.25, -0.2) is 13.1 Å². The first-order valence-electron chi connectivity index (χ1n) is 12.2. The molecule has 1 atom stereocenters. The van der Waals surface area contributed by atoms with E-state index < -0.39 is 10.0 Å². The van der Waals surface area contributed by atoms with E-state index in [0.717, 1.165) is 24.2 Å². The fraction of sp³-hybridized carbons (Fsp3) is 0.615. The van der Waals surface area contributed by atoms with Crippen molar-refractivity contribution >= 4 is 20.9 Å². The Bertz CT molecular complexity index is 985. The fourth-order valence-corrected chi connectivity index (χ4v) is 4.83. The van der Waals surface area contributed by atoms with Gasteiger partial charge < -0.3 is 15.2 Å². The van der Waals surface area contributed by atoms with E-state index in [0.29, 0.717) is 18.4 Å². The molecule has 0 aliphatic carbocycles. The standard InChI is InChI=1S/C17H25N3O2S.C9H19N/c1-18-23(21,22)10-7-13-3-4-17-15(11-13)16(12-19-17)14-5-8-20(2)9-6-14;1-8(2)6-5-7-9(3)10-4/h3-4,11-12,14,18-19H,5-10H2,1-2H3;6,9-10H,5,7H2,1-4H3. The molecule has 0 radical (unpaired) electrons. The number of rotatable bonds is 9. The molecular formula is C26H44N4O2S. The van der Waals surface area contributed by atoms with Crippen LogP contribution in [0.25, 0.3) is 10.9 Å². The second kappa shape index (κ2) is 13.3. The van der Waals surface area contributed by atoms with Crippen LogP contribution in [0.5, 0.6) is 0 Å². The number of piperidine rings is 1. The zero-order valence-corrected chi connectivity index (χ0v) is 22.2. The molecule has 3 N–H and O–H groups in total. The minimum absolute atomic E-state index is 0.128. The highest BCUT2D eigenvalue weighted by molar-refractivity contribution is 7.89. The van der Waals surface area contributed by atoms with Crippen LogP contribution in [0.2, 0.25) is 0 Å². The topological polar surface area (TPSA) is 77.2 Å². The molecule has 1 fully saturated rings. The lowest BCUT2D eigenvalue weighted by molar-refractivity contribution is 0.256. The number of allylic oxidation sites excluding steroid dienone is 2. The first kappa shape index (κ1) is 27.6. The molecule has 1 aromatic heterocycles. The number of nitrogens with one attached hydrogen (secondary N) is 3. The van der Waals surface area contributed by atoms with Gasteiger partial charge in [0.05, 0.1) is 5.75 Å². The molecule has 1 aromatic carbocycles. The van der Waals surface area contributed by atoms with Gasteiger partial charge >= 0.3 is 0 Å². The molecule has 2 aromatic rings. The van der Waals surface area contributed by atoms with E-state index >= 15 is 0 Å². The lowest BCUT2D eigenvalue weighted by Crippen LogP contribution is -2.29. The third kappa shape index (κ3) is 9.24. The number of benzene rings is 1. The SMILES string of the molecule is CNC(C)CCC=C(C)C.CNS(=O)(=O)CCc1ccc2[nH]cc(C3CCN(C)CC3)c2c1. The van der Waals surface area contributed by atoms with Gasteiger partial charge in [0, 0.05) is 23.1 Å². The number of aromatic nitrogens is 1. The number of H-pyrrole nitrogens is 1. The van der Waals surface area contributed by atoms with Gasteiger partial charge in [0.1, 0.15) is 0 Å². The summed E-state index contributed by atoms with van der Waals surface area (Å²) in [5, 5.41) is 4.46. The van der Waals surface area contributed by atoms with Crippen molar-refractivity contribution < 1.29 is 8.42 Å². The van der Waals surface area contributed by atoms with Crippen LogP contribution < -0.4 is 10.0 Å². The van der Waals surface area contributed by atoms with E-state index in [1.54, 1.807) is 0 Å². The Hall–Kier alpha value is -1.67. The maximum absolute atomic E-state index is 11.6. The third-order valence-corrected chi connectivity index (χ3v) is 7.92. The van der Waals surface area contributed by atoms with E-state index in [4.69, 9.17) is 0 Å². The lowest BCUT2D eigenvalue weighted by atomic mass is 9.89. The maximum Gasteiger partial charge on any atom is 0.211 e. The first-order chi connectivity index (χ1) is 15.6. The van der Waals surface area contributed by atoms with Crippen molar-refractivity contribution in [3.05, 3.63) is 47.2 Å². The largest absolute Gasteiger partial charge is 0.361 e. The average Bonchev–Trinajstić information content (AvgIpc) is 3.21. The minimum atomic E-state index is -3.16. The van der Waals surface area contributed by atoms with Crippen LogP contribution in [0.4, 0.5) is 0 Å². The predicted molar refractivity (Wildman–Crippen MR) is 142 cm³/mol. The number of aryl methyl sites for hydroxylation is 1. The monoisotopic (exact) mass is 476 g/mol. The predicted octanol–water partition coefficient (Wildman–Crippen LogP) is 4.41. The summed E-state index contributed by atoms with van der Waals surface area (Å²) in [5.74, 6) is 0.722. The Morgan fingerprint density at radius 2 is 1.94 bits per heavy atom. The highest BCUT2D eigenvalue weighted by Crippen LogP contribution is 2.33. The van der Waals surface area contributed by atoms with Crippen LogP contribution in [0.1, 0.15) is 63.5 Å². The highest BCUT2D eigenvalue weighted by atomic mass is 32.2. The second-order valence-corrected chi connectivity index (χ2v) is 11.6. The zero-order valence-electron chi connectivity index (χ0n) is 21.4. The number of hydrogen-bond donors (Lipinski definition) is 3. The van der Waals surface area contributed by atoms with Crippen LogP contribution in [0.3, 0.4) is 0 Å². The summed E-state index contributed by atoms with van der Waals surface area (Å²) in [6.07, 6.45) is 9.76. The number of nitrogens with zero attached hydrogens (tertiary/aromatic N) is 1. The summed E-state index contributed by atoms with van der Waals surface area (Å²) in [5.41, 5.74) is 5.01. The second-order valence-electron chi connectivity index (χ2n) is 9.52. The summed E-state index contributed by atoms with van der Waals surface area (Å²) in [4.78, 5) is 5.74. The van der Waals surface area contributed by atoms with Gasteiger partial charge in [-0.15, -0.1) is 0 Å². The molecule has 1 unspecified atom stereocenters. The average molecular weight is 477 g/mol. The van der Waals surface area contributed by atoms with Crippen molar-refractivity contribution in [2.75, 3.05) is 40.0 Å². The molecule has 33 heavy (non-hydrogen) atoms. The Morgan fingerprint density at radius 1 is 1.24 bits per heavy atom. The van der Waals surface area contributed by atoms with E-state index in [1.807, 2.05) is 13.1 Å². The Balaban J connectivity index is 0.000000328. The van der Waals surface area contributed by atoms with Crippen LogP contribution >= 0.6 is 0 Å². The molecule has 0 saturated carbocycles. The molecule has 2 heterocycles. The smallest absolute Gasteiger partial charge is 0.211 e. The Labute approximate surface area is 201 Å². The molecule has 1 aliphatic heterocycles. The quantitative estimate of drug-likeness (QED) is 0.469. The summed E-state index contributed by atoms with van der Waals surface area (Å²) in [6.45, 7) is 8.77. The van der Waals surface area contributed by atoms with Crippen molar-refractivity contribution in [1.29, 1.82) is 0 Å². The minimum Gasteiger partial charge on any atom is -0.361 e. The lowest BCUT2D eigenvalue weighted by Gasteiger charge is -2.28. The van der Waals surface area contributed by atoms with Gasteiger partial charge in [0.15, 0.2) is 0 Å². The number of hydrogen-bond acceptors (Lipinski definition) is 4. The molecule has 186 valence electrons. The van der Waals surface area contributed by atoms with Gasteiger partial charge in [0.25, 0.3) is 0 Å². The van der Waals surface area contributed by atoms with E-state index in [-0.39, 0.29) is 5.75 Å². The molecule has 0 bridgehead atoms. The van der Waals surface area contributed by atoms with Gasteiger partial charge in [0.2, 0.25) is 10.0 Å². The number of likely N-dealkylation sites (tertiary alicyclic amines) is 1. The van der Waals surface area contributed by atoms with Gasteiger partial charge in [-0.05, 0) is 116 Å². The Kier molecular flexibility index (Phi) is 11.1. The molecule has 0 amide bonds. The summed E-state index contributed by atoms with van der Waals surface area (Å²) in [6, 6.07) is 6.89. The van der Waals surface area contributed by atoms with Crippen molar-refractivity contribution in [3.8, 4) is 0 Å². The molecule has 3 rings (SSSR count). The fourth-order valence-electron chi connectivity index (χ4n) is 4.12. The molecule has 7 heteroatoms. The van der Waals surface area contributed by atoms with Crippen molar-refractivity contribution in [2.24, 2.45) is 0 Å². The normalized spacial score (nSPS) is 16.3. The van der Waals surface area contributed by atoms with Gasteiger partial charge in [-0.1, -0.05) is 17.7 Å². The van der Waals surface area contributed by atoms with E-state index in [1.165, 1.54) is 49.3 Å². The molecule has 1 aliphatic rings. The van der Waals surface area contributed by atoms with Crippen LogP contribution in [0.15, 0.2) is 36.0 Å². The van der Waals surface area contributed by atoms with Gasteiger partial charge in [-0.3, -0.25) is 0 Å². The zero-order chi connectivity index (χ0) is 24.4. The summed E-state index contributed by atoms with van der Waals surface area (Å²) < 4.78 is 25.6. The molecule has 6 nitrogen and oxygen atoms in total. The number of sulfonamides is 1. The van der Waals surface area contributed by atoms with Crippen LogP contribution in [-0.2, 0) is 16.4 Å².